The smallest absolute Gasteiger partial charge is 0.402 e. The molecule has 0 bridgehead atoms. The van der Waals surface area contributed by atoms with E-state index in [9.17, 15) is 0 Å². The molecular weight excluding hydrogens is 269 g/mol. The van der Waals surface area contributed by atoms with Gasteiger partial charge in [0.25, 0.3) is 0 Å². The molecule has 21 heavy (non-hydrogen) atoms. The van der Waals surface area contributed by atoms with Crippen LogP contribution in [0.2, 0.25) is 0 Å². The lowest BCUT2D eigenvalue weighted by Gasteiger charge is -2.08. The molecule has 0 radical (unpaired) electrons. The van der Waals surface area contributed by atoms with Crippen LogP contribution in [0.25, 0.3) is 11.1 Å². The van der Waals surface area contributed by atoms with Crippen molar-refractivity contribution in [3.8, 4) is 11.1 Å². The van der Waals surface area contributed by atoms with Gasteiger partial charge < -0.3 is 25.9 Å². The van der Waals surface area contributed by atoms with Crippen molar-refractivity contribution in [2.45, 2.75) is 6.42 Å². The molecule has 5 nitrogen and oxygen atoms in total. The van der Waals surface area contributed by atoms with Crippen molar-refractivity contribution < 1.29 is 20.2 Å². The Bertz CT molecular complexity index is 477. The maximum absolute atomic E-state index is 7.17. The molecule has 0 aliphatic heterocycles. The number of aliphatic hydroxyl groups excluding tert-OH is 1. The second-order valence-corrected chi connectivity index (χ2v) is 3.91. The Hall–Kier alpha value is -1.70. The first-order chi connectivity index (χ1) is 10.1. The quantitative estimate of drug-likeness (QED) is 0.527. The van der Waals surface area contributed by atoms with Crippen molar-refractivity contribution in [1.82, 2.24) is 0 Å². The van der Waals surface area contributed by atoms with Crippen LogP contribution in [0, 0.1) is 0 Å². The van der Waals surface area contributed by atoms with Crippen molar-refractivity contribution in [1.29, 1.82) is 0 Å². The minimum Gasteiger partial charge on any atom is -0.402 e. The van der Waals surface area contributed by atoms with Gasteiger partial charge in [0.1, 0.15) is 0 Å². The van der Waals surface area contributed by atoms with Crippen LogP contribution in [-0.4, -0.2) is 41.2 Å². The van der Waals surface area contributed by atoms with Gasteiger partial charge in [0.15, 0.2) is 0 Å². The fourth-order valence-corrected chi connectivity index (χ4v) is 1.79. The first-order valence-electron chi connectivity index (χ1n) is 6.47. The minimum absolute atomic E-state index is 0.698. The first kappa shape index (κ1) is 19.3. The largest absolute Gasteiger partial charge is 0.631 e. The van der Waals surface area contributed by atoms with Gasteiger partial charge in [-0.15, -0.1) is 0 Å². The van der Waals surface area contributed by atoms with E-state index in [1.165, 1.54) is 16.7 Å². The van der Waals surface area contributed by atoms with E-state index < -0.39 is 7.32 Å². The molecule has 6 heteroatoms. The Morgan fingerprint density at radius 1 is 0.857 bits per heavy atom. The molecule has 0 saturated carbocycles. The summed E-state index contributed by atoms with van der Waals surface area (Å²) in [7, 11) is -1.17. The summed E-state index contributed by atoms with van der Waals surface area (Å²) in [6.45, 7) is 0.698. The van der Waals surface area contributed by atoms with Gasteiger partial charge in [-0.05, 0) is 29.7 Å². The van der Waals surface area contributed by atoms with E-state index in [1.807, 2.05) is 6.07 Å². The first-order valence-corrected chi connectivity index (χ1v) is 6.47. The molecule has 0 heterocycles. The summed E-state index contributed by atoms with van der Waals surface area (Å²) in [5.41, 5.74) is 9.49. The van der Waals surface area contributed by atoms with Gasteiger partial charge in [0, 0.05) is 7.11 Å². The molecule has 0 amide bonds. The molecule has 0 fully saturated rings. The number of hydrogen-bond acceptors (Lipinski definition) is 5. The fourth-order valence-electron chi connectivity index (χ4n) is 1.79. The summed E-state index contributed by atoms with van der Waals surface area (Å²) in [4.78, 5) is 0. The number of benzene rings is 2. The van der Waals surface area contributed by atoms with E-state index in [0.29, 0.717) is 6.54 Å². The third-order valence-electron chi connectivity index (χ3n) is 2.52. The Morgan fingerprint density at radius 3 is 1.86 bits per heavy atom. The average molecular weight is 291 g/mol. The van der Waals surface area contributed by atoms with Crippen LogP contribution >= 0.6 is 0 Å². The summed E-state index contributed by atoms with van der Waals surface area (Å²) >= 11 is 0. The highest BCUT2D eigenvalue weighted by Gasteiger charge is 2.02. The minimum atomic E-state index is -2.17. The van der Waals surface area contributed by atoms with Gasteiger partial charge in [-0.25, -0.2) is 0 Å². The lowest BCUT2D eigenvalue weighted by atomic mass is 9.98. The van der Waals surface area contributed by atoms with Gasteiger partial charge >= 0.3 is 7.32 Å². The van der Waals surface area contributed by atoms with E-state index in [1.54, 1.807) is 0 Å². The third kappa shape index (κ3) is 8.24. The lowest BCUT2D eigenvalue weighted by molar-refractivity contribution is 0.278. The number of aliphatic hydroxyl groups is 1. The zero-order valence-electron chi connectivity index (χ0n) is 12.1. The highest BCUT2D eigenvalue weighted by atomic mass is 16.5. The Morgan fingerprint density at radius 2 is 1.33 bits per heavy atom. The third-order valence-corrected chi connectivity index (χ3v) is 2.52. The SMILES string of the molecule is CO.NCCc1ccccc1-c1ccccc1.OB(O)O. The van der Waals surface area contributed by atoms with Crippen molar-refractivity contribution in [2.75, 3.05) is 13.7 Å². The van der Waals surface area contributed by atoms with Gasteiger partial charge in [-0.3, -0.25) is 0 Å². The lowest BCUT2D eigenvalue weighted by Crippen LogP contribution is -2.07. The topological polar surface area (TPSA) is 107 Å². The monoisotopic (exact) mass is 291 g/mol. The van der Waals surface area contributed by atoms with Gasteiger partial charge in [-0.1, -0.05) is 54.6 Å². The van der Waals surface area contributed by atoms with E-state index >= 15 is 0 Å². The molecule has 0 spiro atoms. The molecule has 2 rings (SSSR count). The second kappa shape index (κ2) is 12.1. The zero-order chi connectivity index (χ0) is 16.1. The summed E-state index contributed by atoms with van der Waals surface area (Å²) in [5.74, 6) is 0. The highest BCUT2D eigenvalue weighted by molar-refractivity contribution is 6.30. The number of hydrogen-bond donors (Lipinski definition) is 5. The summed E-state index contributed by atoms with van der Waals surface area (Å²) in [5, 5.41) is 28.5. The molecule has 0 aliphatic rings. The predicted octanol–water partition coefficient (Wildman–Crippen LogP) is 0.411. The molecule has 0 aromatic heterocycles. The molecule has 2 aromatic rings. The van der Waals surface area contributed by atoms with Crippen LogP contribution in [0.4, 0.5) is 0 Å². The standard InChI is InChI=1S/C14H15N.CH4O.BH3O3/c15-11-10-13-8-4-5-9-14(13)12-6-2-1-3-7-12;1-2;2-1(3)4/h1-9H,10-11,15H2;2H,1H3;2-4H. The Labute approximate surface area is 125 Å². The van der Waals surface area contributed by atoms with E-state index in [-0.39, 0.29) is 0 Å². The fraction of sp³-hybridized carbons (Fsp3) is 0.200. The maximum atomic E-state index is 7.17. The molecule has 2 aromatic carbocycles. The molecule has 0 unspecified atom stereocenters. The number of rotatable bonds is 3. The highest BCUT2D eigenvalue weighted by Crippen LogP contribution is 2.23. The second-order valence-electron chi connectivity index (χ2n) is 3.91. The Balaban J connectivity index is 0.000000579. The van der Waals surface area contributed by atoms with Crippen molar-refractivity contribution in [3.05, 3.63) is 60.2 Å². The van der Waals surface area contributed by atoms with E-state index in [4.69, 9.17) is 25.9 Å². The van der Waals surface area contributed by atoms with Gasteiger partial charge in [-0.2, -0.15) is 0 Å². The molecular formula is C15H22BNO4. The molecule has 0 atom stereocenters. The normalized spacial score (nSPS) is 8.86. The van der Waals surface area contributed by atoms with Crippen molar-refractivity contribution >= 4 is 7.32 Å². The summed E-state index contributed by atoms with van der Waals surface area (Å²) in [6.07, 6.45) is 0.936. The van der Waals surface area contributed by atoms with E-state index in [0.717, 1.165) is 13.5 Å². The predicted molar refractivity (Wildman–Crippen MR) is 85.2 cm³/mol. The summed E-state index contributed by atoms with van der Waals surface area (Å²) in [6, 6.07) is 18.9. The number of nitrogens with two attached hydrogens (primary N) is 1. The molecule has 6 N–H and O–H groups in total. The Kier molecular flexibility index (Phi) is 11.1. The molecule has 0 aliphatic carbocycles. The molecule has 114 valence electrons. The van der Waals surface area contributed by atoms with Crippen LogP contribution in [0.15, 0.2) is 54.6 Å². The average Bonchev–Trinajstić information content (AvgIpc) is 2.51. The van der Waals surface area contributed by atoms with Crippen LogP contribution in [0.1, 0.15) is 5.56 Å². The van der Waals surface area contributed by atoms with Crippen LogP contribution < -0.4 is 5.73 Å². The molecule has 0 saturated heterocycles. The van der Waals surface area contributed by atoms with Crippen LogP contribution in [-0.2, 0) is 6.42 Å². The van der Waals surface area contributed by atoms with Crippen molar-refractivity contribution in [3.63, 3.8) is 0 Å². The summed E-state index contributed by atoms with van der Waals surface area (Å²) < 4.78 is 0. The zero-order valence-corrected chi connectivity index (χ0v) is 12.1. The van der Waals surface area contributed by atoms with E-state index in [2.05, 4.69) is 48.5 Å². The van der Waals surface area contributed by atoms with Crippen LogP contribution in [0.3, 0.4) is 0 Å². The maximum Gasteiger partial charge on any atom is 0.631 e. The van der Waals surface area contributed by atoms with Gasteiger partial charge in [0.05, 0.1) is 0 Å². The van der Waals surface area contributed by atoms with Crippen LogP contribution in [0.5, 0.6) is 0 Å². The van der Waals surface area contributed by atoms with Crippen molar-refractivity contribution in [2.24, 2.45) is 5.73 Å². The van der Waals surface area contributed by atoms with Gasteiger partial charge in [0.2, 0.25) is 0 Å².